The van der Waals surface area contributed by atoms with Crippen LogP contribution in [0.5, 0.6) is 0 Å². The zero-order valence-corrected chi connectivity index (χ0v) is 18.5. The van der Waals surface area contributed by atoms with Crippen LogP contribution in [0.1, 0.15) is 34.5 Å². The number of nitro benzene ring substituents is 1. The normalized spacial score (nSPS) is 17.1. The first kappa shape index (κ1) is 22.9. The van der Waals surface area contributed by atoms with E-state index >= 15 is 0 Å². The first-order valence-corrected chi connectivity index (χ1v) is 10.5. The molecule has 0 aromatic heterocycles. The van der Waals surface area contributed by atoms with Crippen LogP contribution in [0.2, 0.25) is 5.02 Å². The van der Waals surface area contributed by atoms with E-state index in [9.17, 15) is 29.6 Å². The minimum absolute atomic E-state index is 0.174. The van der Waals surface area contributed by atoms with E-state index in [2.05, 4.69) is 0 Å². The van der Waals surface area contributed by atoms with Gasteiger partial charge in [-0.15, -0.1) is 0 Å². The van der Waals surface area contributed by atoms with E-state index in [1.807, 2.05) is 0 Å². The van der Waals surface area contributed by atoms with Crippen molar-refractivity contribution in [3.05, 3.63) is 110 Å². The fourth-order valence-electron chi connectivity index (χ4n) is 3.84. The zero-order chi connectivity index (χ0) is 24.6. The van der Waals surface area contributed by atoms with Gasteiger partial charge in [0, 0.05) is 34.0 Å². The Morgan fingerprint density at radius 2 is 1.62 bits per heavy atom. The number of benzene rings is 3. The lowest BCUT2D eigenvalue weighted by Gasteiger charge is -2.25. The van der Waals surface area contributed by atoms with Crippen molar-refractivity contribution in [2.75, 3.05) is 4.90 Å². The molecule has 1 aliphatic heterocycles. The van der Waals surface area contributed by atoms with Crippen LogP contribution in [0.3, 0.4) is 0 Å². The van der Waals surface area contributed by atoms with Crippen LogP contribution >= 0.6 is 11.6 Å². The molecule has 34 heavy (non-hydrogen) atoms. The molecule has 0 radical (unpaired) electrons. The summed E-state index contributed by atoms with van der Waals surface area (Å²) in [6.07, 6.45) is 0. The molecule has 1 unspecified atom stereocenters. The van der Waals surface area contributed by atoms with Crippen LogP contribution in [-0.2, 0) is 9.59 Å². The van der Waals surface area contributed by atoms with Gasteiger partial charge in [0.1, 0.15) is 5.76 Å². The van der Waals surface area contributed by atoms with Gasteiger partial charge in [-0.3, -0.25) is 29.4 Å². The van der Waals surface area contributed by atoms with Gasteiger partial charge in [0.2, 0.25) is 0 Å². The van der Waals surface area contributed by atoms with Crippen molar-refractivity contribution in [3.63, 3.8) is 0 Å². The summed E-state index contributed by atoms with van der Waals surface area (Å²) in [6, 6.07) is 16.5. The number of hydrogen-bond donors (Lipinski definition) is 1. The summed E-state index contributed by atoms with van der Waals surface area (Å²) in [4.78, 5) is 49.9. The molecule has 0 saturated carbocycles. The van der Waals surface area contributed by atoms with Crippen molar-refractivity contribution in [3.8, 4) is 0 Å². The number of anilines is 1. The number of amides is 1. The molecule has 170 valence electrons. The topological polar surface area (TPSA) is 118 Å². The quantitative estimate of drug-likeness (QED) is 0.137. The van der Waals surface area contributed by atoms with Gasteiger partial charge in [-0.1, -0.05) is 23.7 Å². The SMILES string of the molecule is CC(=O)c1ccc(N2C(=O)C(=O)/C(=C(/O)c3ccc(Cl)cc3)C2c2cccc([N+](=O)[O-])c2)cc1. The third-order valence-corrected chi connectivity index (χ3v) is 5.76. The number of aliphatic hydroxyl groups excluding tert-OH is 1. The predicted octanol–water partition coefficient (Wildman–Crippen LogP) is 5.08. The summed E-state index contributed by atoms with van der Waals surface area (Å²) in [7, 11) is 0. The Morgan fingerprint density at radius 3 is 2.21 bits per heavy atom. The molecule has 1 aliphatic rings. The van der Waals surface area contributed by atoms with Gasteiger partial charge >= 0.3 is 0 Å². The van der Waals surface area contributed by atoms with E-state index in [0.29, 0.717) is 16.3 Å². The lowest BCUT2D eigenvalue weighted by Crippen LogP contribution is -2.29. The van der Waals surface area contributed by atoms with E-state index < -0.39 is 28.4 Å². The Kier molecular flexibility index (Phi) is 6.00. The number of aliphatic hydroxyl groups is 1. The van der Waals surface area contributed by atoms with Gasteiger partial charge in [-0.05, 0) is 61.0 Å². The van der Waals surface area contributed by atoms with Crippen LogP contribution in [-0.4, -0.2) is 27.5 Å². The second kappa shape index (κ2) is 8.92. The maximum Gasteiger partial charge on any atom is 0.300 e. The molecule has 1 heterocycles. The van der Waals surface area contributed by atoms with Crippen LogP contribution in [0, 0.1) is 10.1 Å². The second-order valence-electron chi connectivity index (χ2n) is 7.63. The number of nitro groups is 1. The summed E-state index contributed by atoms with van der Waals surface area (Å²) >= 11 is 5.92. The highest BCUT2D eigenvalue weighted by Gasteiger charge is 2.47. The molecule has 9 heteroatoms. The predicted molar refractivity (Wildman–Crippen MR) is 126 cm³/mol. The highest BCUT2D eigenvalue weighted by Crippen LogP contribution is 2.42. The number of rotatable bonds is 5. The van der Waals surface area contributed by atoms with Gasteiger partial charge in [-0.2, -0.15) is 0 Å². The van der Waals surface area contributed by atoms with Crippen molar-refractivity contribution < 1.29 is 24.4 Å². The lowest BCUT2D eigenvalue weighted by atomic mass is 9.94. The zero-order valence-electron chi connectivity index (χ0n) is 17.8. The van der Waals surface area contributed by atoms with Gasteiger partial charge < -0.3 is 5.11 Å². The third-order valence-electron chi connectivity index (χ3n) is 5.51. The second-order valence-corrected chi connectivity index (χ2v) is 8.07. The van der Waals surface area contributed by atoms with Gasteiger partial charge in [0.25, 0.3) is 17.4 Å². The van der Waals surface area contributed by atoms with Crippen LogP contribution in [0.15, 0.2) is 78.4 Å². The number of nitrogens with zero attached hydrogens (tertiary/aromatic N) is 2. The minimum Gasteiger partial charge on any atom is -0.507 e. The highest BCUT2D eigenvalue weighted by atomic mass is 35.5. The van der Waals surface area contributed by atoms with E-state index in [0.717, 1.165) is 4.90 Å². The lowest BCUT2D eigenvalue weighted by molar-refractivity contribution is -0.384. The molecule has 3 aromatic rings. The monoisotopic (exact) mass is 476 g/mol. The summed E-state index contributed by atoms with van der Waals surface area (Å²) in [6.45, 7) is 1.40. The first-order chi connectivity index (χ1) is 16.2. The molecule has 4 rings (SSSR count). The number of ketones is 2. The van der Waals surface area contributed by atoms with Crippen molar-refractivity contribution in [2.45, 2.75) is 13.0 Å². The molecule has 1 amide bonds. The molecule has 0 bridgehead atoms. The Hall–Kier alpha value is -4.30. The van der Waals surface area contributed by atoms with E-state index in [4.69, 9.17) is 11.6 Å². The largest absolute Gasteiger partial charge is 0.507 e. The highest BCUT2D eigenvalue weighted by molar-refractivity contribution is 6.51. The fraction of sp³-hybridized carbons (Fsp3) is 0.0800. The molecule has 1 fully saturated rings. The van der Waals surface area contributed by atoms with Crippen molar-refractivity contribution >= 4 is 46.2 Å². The van der Waals surface area contributed by atoms with Crippen molar-refractivity contribution in [1.82, 2.24) is 0 Å². The molecule has 3 aromatic carbocycles. The molecule has 8 nitrogen and oxygen atoms in total. The number of halogens is 1. The average Bonchev–Trinajstić information content (AvgIpc) is 3.09. The molecule has 1 atom stereocenters. The van der Waals surface area contributed by atoms with Crippen LogP contribution < -0.4 is 4.90 Å². The summed E-state index contributed by atoms with van der Waals surface area (Å²) in [5.74, 6) is -2.47. The minimum atomic E-state index is -1.14. The molecular formula is C25H17ClN2O6. The smallest absolute Gasteiger partial charge is 0.300 e. The van der Waals surface area contributed by atoms with E-state index in [1.165, 1.54) is 79.7 Å². The standard InChI is InChI=1S/C25H17ClN2O6/c1-14(29)15-7-11-19(12-8-15)27-22(17-3-2-4-20(13-17)28(33)34)21(24(31)25(27)32)23(30)16-5-9-18(26)10-6-16/h2-13,22,30H,1H3/b23-21+. The Morgan fingerprint density at radius 1 is 1.00 bits per heavy atom. The van der Waals surface area contributed by atoms with Gasteiger partial charge in [0.05, 0.1) is 16.5 Å². The number of carbonyl (C=O) groups excluding carboxylic acids is 3. The third kappa shape index (κ3) is 4.06. The van der Waals surface area contributed by atoms with Crippen LogP contribution in [0.4, 0.5) is 11.4 Å². The summed E-state index contributed by atoms with van der Waals surface area (Å²) in [5.41, 5.74) is 0.765. The number of Topliss-reactive ketones (excluding diaryl/α,β-unsaturated/α-hetero) is 2. The summed E-state index contributed by atoms with van der Waals surface area (Å²) in [5, 5.41) is 22.8. The molecular weight excluding hydrogens is 460 g/mol. The Labute approximate surface area is 198 Å². The molecule has 1 saturated heterocycles. The maximum atomic E-state index is 13.1. The Balaban J connectivity index is 1.94. The van der Waals surface area contributed by atoms with Crippen molar-refractivity contribution in [1.29, 1.82) is 0 Å². The molecule has 0 aliphatic carbocycles. The number of hydrogen-bond acceptors (Lipinski definition) is 6. The van der Waals surface area contributed by atoms with E-state index in [-0.39, 0.29) is 28.2 Å². The molecule has 0 spiro atoms. The average molecular weight is 477 g/mol. The van der Waals surface area contributed by atoms with Gasteiger partial charge in [0.15, 0.2) is 5.78 Å². The van der Waals surface area contributed by atoms with Gasteiger partial charge in [-0.25, -0.2) is 0 Å². The fourth-order valence-corrected chi connectivity index (χ4v) is 3.97. The first-order valence-electron chi connectivity index (χ1n) is 10.1. The Bertz CT molecular complexity index is 1360. The number of non-ortho nitro benzene ring substituents is 1. The summed E-state index contributed by atoms with van der Waals surface area (Å²) < 4.78 is 0. The maximum absolute atomic E-state index is 13.1. The number of carbonyl (C=O) groups is 3. The molecule has 1 N–H and O–H groups in total. The van der Waals surface area contributed by atoms with E-state index in [1.54, 1.807) is 0 Å². The van der Waals surface area contributed by atoms with Crippen LogP contribution in [0.25, 0.3) is 5.76 Å². The van der Waals surface area contributed by atoms with Crippen molar-refractivity contribution in [2.24, 2.45) is 0 Å².